The molecule has 0 amide bonds. The zero-order valence-corrected chi connectivity index (χ0v) is 10.9. The number of benzene rings is 1. The van der Waals surface area contributed by atoms with E-state index in [-0.39, 0.29) is 11.4 Å². The van der Waals surface area contributed by atoms with Crippen LogP contribution in [0, 0.1) is 12.7 Å². The van der Waals surface area contributed by atoms with Gasteiger partial charge in [-0.3, -0.25) is 9.71 Å². The Labute approximate surface area is 110 Å². The number of halogens is 1. The Hall–Kier alpha value is -2.15. The number of hydrogen-bond donors (Lipinski definition) is 2. The van der Waals surface area contributed by atoms with Gasteiger partial charge < -0.3 is 5.73 Å². The molecule has 0 aliphatic heterocycles. The van der Waals surface area contributed by atoms with E-state index in [1.54, 1.807) is 19.1 Å². The zero-order chi connectivity index (χ0) is 14.0. The van der Waals surface area contributed by atoms with E-state index in [0.717, 1.165) is 17.8 Å². The molecule has 5 nitrogen and oxygen atoms in total. The van der Waals surface area contributed by atoms with Gasteiger partial charge in [0.2, 0.25) is 0 Å². The summed E-state index contributed by atoms with van der Waals surface area (Å²) >= 11 is 0. The standard InChI is InChI=1S/C12H12FN3O2S/c1-8-2-4-10(7-15-8)16-19(17,18)12-5-3-9(14)6-11(12)13/h2-7,16H,14H2,1H3. The lowest BCUT2D eigenvalue weighted by Gasteiger charge is -2.09. The fourth-order valence-corrected chi connectivity index (χ4v) is 2.58. The number of nitrogen functional groups attached to an aromatic ring is 1. The van der Waals surface area contributed by atoms with Gasteiger partial charge in [0.1, 0.15) is 10.7 Å². The first-order valence-corrected chi connectivity index (χ1v) is 6.87. The van der Waals surface area contributed by atoms with E-state index in [1.165, 1.54) is 12.3 Å². The Balaban J connectivity index is 2.35. The molecule has 3 N–H and O–H groups in total. The van der Waals surface area contributed by atoms with Crippen molar-refractivity contribution in [3.63, 3.8) is 0 Å². The number of aromatic nitrogens is 1. The highest BCUT2D eigenvalue weighted by molar-refractivity contribution is 7.92. The summed E-state index contributed by atoms with van der Waals surface area (Å²) < 4.78 is 39.8. The summed E-state index contributed by atoms with van der Waals surface area (Å²) in [6, 6.07) is 6.61. The number of sulfonamides is 1. The van der Waals surface area contributed by atoms with Gasteiger partial charge in [-0.05, 0) is 37.3 Å². The number of anilines is 2. The number of aryl methyl sites for hydroxylation is 1. The van der Waals surface area contributed by atoms with Crippen LogP contribution in [0.2, 0.25) is 0 Å². The second-order valence-corrected chi connectivity index (χ2v) is 5.63. The Morgan fingerprint density at radius 2 is 2.00 bits per heavy atom. The van der Waals surface area contributed by atoms with E-state index < -0.39 is 20.7 Å². The lowest BCUT2D eigenvalue weighted by Crippen LogP contribution is -2.15. The quantitative estimate of drug-likeness (QED) is 0.842. The van der Waals surface area contributed by atoms with E-state index in [0.29, 0.717) is 0 Å². The fourth-order valence-electron chi connectivity index (χ4n) is 1.47. The first-order chi connectivity index (χ1) is 8.88. The summed E-state index contributed by atoms with van der Waals surface area (Å²) in [5, 5.41) is 0. The second-order valence-electron chi connectivity index (χ2n) is 3.98. The highest BCUT2D eigenvalue weighted by Crippen LogP contribution is 2.20. The molecule has 2 rings (SSSR count). The summed E-state index contributed by atoms with van der Waals surface area (Å²) in [6.07, 6.45) is 1.36. The average Bonchev–Trinajstić information content (AvgIpc) is 2.31. The molecule has 0 unspecified atom stereocenters. The normalized spacial score (nSPS) is 11.3. The molecule has 100 valence electrons. The molecule has 0 bridgehead atoms. The molecule has 0 saturated carbocycles. The van der Waals surface area contributed by atoms with Crippen LogP contribution in [-0.4, -0.2) is 13.4 Å². The van der Waals surface area contributed by atoms with Crippen molar-refractivity contribution in [3.05, 3.63) is 48.0 Å². The summed E-state index contributed by atoms with van der Waals surface area (Å²) in [5.74, 6) is -0.896. The van der Waals surface area contributed by atoms with Gasteiger partial charge in [-0.25, -0.2) is 12.8 Å². The number of rotatable bonds is 3. The molecule has 0 fully saturated rings. The van der Waals surface area contributed by atoms with E-state index >= 15 is 0 Å². The molecule has 0 aliphatic rings. The maximum Gasteiger partial charge on any atom is 0.264 e. The average molecular weight is 281 g/mol. The van der Waals surface area contributed by atoms with Crippen molar-refractivity contribution in [2.75, 3.05) is 10.5 Å². The molecular formula is C12H12FN3O2S. The van der Waals surface area contributed by atoms with Gasteiger partial charge in [-0.1, -0.05) is 0 Å². The minimum atomic E-state index is -3.99. The molecule has 2 aromatic rings. The summed E-state index contributed by atoms with van der Waals surface area (Å²) in [6.45, 7) is 1.78. The minimum Gasteiger partial charge on any atom is -0.399 e. The van der Waals surface area contributed by atoms with Crippen LogP contribution in [-0.2, 0) is 10.0 Å². The molecule has 0 aliphatic carbocycles. The van der Waals surface area contributed by atoms with Crippen molar-refractivity contribution in [1.82, 2.24) is 4.98 Å². The van der Waals surface area contributed by atoms with Crippen LogP contribution < -0.4 is 10.5 Å². The predicted octanol–water partition coefficient (Wildman–Crippen LogP) is 1.91. The highest BCUT2D eigenvalue weighted by Gasteiger charge is 2.19. The van der Waals surface area contributed by atoms with Crippen molar-refractivity contribution < 1.29 is 12.8 Å². The van der Waals surface area contributed by atoms with Crippen LogP contribution in [0.3, 0.4) is 0 Å². The summed E-state index contributed by atoms with van der Waals surface area (Å²) in [5.41, 5.74) is 6.55. The number of nitrogens with two attached hydrogens (primary N) is 1. The van der Waals surface area contributed by atoms with E-state index in [9.17, 15) is 12.8 Å². The first-order valence-electron chi connectivity index (χ1n) is 5.39. The van der Waals surface area contributed by atoms with Crippen LogP contribution >= 0.6 is 0 Å². The van der Waals surface area contributed by atoms with Crippen LogP contribution in [0.1, 0.15) is 5.69 Å². The molecule has 1 aromatic carbocycles. The molecule has 1 heterocycles. The van der Waals surface area contributed by atoms with Crippen molar-refractivity contribution in [3.8, 4) is 0 Å². The van der Waals surface area contributed by atoms with Crippen LogP contribution in [0.25, 0.3) is 0 Å². The van der Waals surface area contributed by atoms with Crippen LogP contribution in [0.15, 0.2) is 41.4 Å². The molecule has 1 aromatic heterocycles. The summed E-state index contributed by atoms with van der Waals surface area (Å²) in [4.78, 5) is 3.50. The molecular weight excluding hydrogens is 269 g/mol. The van der Waals surface area contributed by atoms with Crippen molar-refractivity contribution in [2.45, 2.75) is 11.8 Å². The Bertz CT molecular complexity index is 699. The van der Waals surface area contributed by atoms with Gasteiger partial charge in [-0.2, -0.15) is 0 Å². The molecule has 7 heteroatoms. The molecule has 19 heavy (non-hydrogen) atoms. The molecule has 0 spiro atoms. The van der Waals surface area contributed by atoms with Crippen molar-refractivity contribution in [2.24, 2.45) is 0 Å². The highest BCUT2D eigenvalue weighted by atomic mass is 32.2. The number of hydrogen-bond acceptors (Lipinski definition) is 4. The lowest BCUT2D eigenvalue weighted by molar-refractivity contribution is 0.571. The maximum atomic E-state index is 13.6. The van der Waals surface area contributed by atoms with Gasteiger partial charge in [0, 0.05) is 11.4 Å². The van der Waals surface area contributed by atoms with Crippen LogP contribution in [0.4, 0.5) is 15.8 Å². The Kier molecular flexibility index (Phi) is 3.39. The Morgan fingerprint density at radius 1 is 1.26 bits per heavy atom. The van der Waals surface area contributed by atoms with E-state index in [4.69, 9.17) is 5.73 Å². The number of nitrogens with zero attached hydrogens (tertiary/aromatic N) is 1. The molecule has 0 radical (unpaired) electrons. The van der Waals surface area contributed by atoms with Crippen molar-refractivity contribution in [1.29, 1.82) is 0 Å². The fraction of sp³-hybridized carbons (Fsp3) is 0.0833. The molecule has 0 atom stereocenters. The van der Waals surface area contributed by atoms with E-state index in [1.807, 2.05) is 0 Å². The van der Waals surface area contributed by atoms with Gasteiger partial charge in [0.15, 0.2) is 0 Å². The second kappa shape index (κ2) is 4.85. The third kappa shape index (κ3) is 3.00. The number of pyridine rings is 1. The maximum absolute atomic E-state index is 13.6. The third-order valence-corrected chi connectivity index (χ3v) is 3.82. The first kappa shape index (κ1) is 13.3. The Morgan fingerprint density at radius 3 is 2.58 bits per heavy atom. The SMILES string of the molecule is Cc1ccc(NS(=O)(=O)c2ccc(N)cc2F)cn1. The van der Waals surface area contributed by atoms with Gasteiger partial charge in [0.05, 0.1) is 11.9 Å². The topological polar surface area (TPSA) is 85.1 Å². The van der Waals surface area contributed by atoms with Gasteiger partial charge in [0.25, 0.3) is 10.0 Å². The predicted molar refractivity (Wildman–Crippen MR) is 70.6 cm³/mol. The lowest BCUT2D eigenvalue weighted by atomic mass is 10.3. The smallest absolute Gasteiger partial charge is 0.264 e. The van der Waals surface area contributed by atoms with Crippen molar-refractivity contribution >= 4 is 21.4 Å². The van der Waals surface area contributed by atoms with Gasteiger partial charge in [-0.15, -0.1) is 0 Å². The minimum absolute atomic E-state index is 0.161. The summed E-state index contributed by atoms with van der Waals surface area (Å²) in [7, 11) is -3.99. The molecule has 0 saturated heterocycles. The zero-order valence-electron chi connectivity index (χ0n) is 10.1. The van der Waals surface area contributed by atoms with Gasteiger partial charge >= 0.3 is 0 Å². The third-order valence-electron chi connectivity index (χ3n) is 2.41. The number of nitrogens with one attached hydrogen (secondary N) is 1. The van der Waals surface area contributed by atoms with Crippen LogP contribution in [0.5, 0.6) is 0 Å². The monoisotopic (exact) mass is 281 g/mol. The van der Waals surface area contributed by atoms with E-state index in [2.05, 4.69) is 9.71 Å². The largest absolute Gasteiger partial charge is 0.399 e.